The summed E-state index contributed by atoms with van der Waals surface area (Å²) in [7, 11) is 1.59. The highest BCUT2D eigenvalue weighted by Gasteiger charge is 2.11. The number of ether oxygens (including phenoxy) is 4. The molecule has 1 heterocycles. The minimum atomic E-state index is -0.264. The van der Waals surface area contributed by atoms with Crippen molar-refractivity contribution in [2.45, 2.75) is 6.61 Å². The number of hydrogen-bond donors (Lipinski definition) is 0. The number of fused-ring (bicyclic) bond motifs is 1. The van der Waals surface area contributed by atoms with E-state index in [1.54, 1.807) is 49.6 Å². The third-order valence-corrected chi connectivity index (χ3v) is 5.28. The van der Waals surface area contributed by atoms with Crippen molar-refractivity contribution in [3.05, 3.63) is 119 Å². The largest absolute Gasteiger partial charge is 0.497 e. The lowest BCUT2D eigenvalue weighted by molar-refractivity contribution is 0.305. The first kappa shape index (κ1) is 22.1. The van der Waals surface area contributed by atoms with Crippen LogP contribution in [0, 0.1) is 0 Å². The Kier molecular flexibility index (Phi) is 6.35. The van der Waals surface area contributed by atoms with Gasteiger partial charge in [-0.2, -0.15) is 0 Å². The number of para-hydroxylation sites is 1. The number of rotatable bonds is 8. The molecular weight excluding hydrogens is 444 g/mol. The quantitative estimate of drug-likeness (QED) is 0.246. The van der Waals surface area contributed by atoms with Crippen molar-refractivity contribution in [2.75, 3.05) is 7.11 Å². The highest BCUT2D eigenvalue weighted by atomic mass is 16.5. The van der Waals surface area contributed by atoms with Gasteiger partial charge in [-0.25, -0.2) is 0 Å². The van der Waals surface area contributed by atoms with Crippen LogP contribution in [0.5, 0.6) is 34.5 Å². The number of methoxy groups -OCH3 is 1. The van der Waals surface area contributed by atoms with E-state index in [2.05, 4.69) is 0 Å². The van der Waals surface area contributed by atoms with Gasteiger partial charge in [-0.1, -0.05) is 30.3 Å². The Labute approximate surface area is 201 Å². The highest BCUT2D eigenvalue weighted by molar-refractivity contribution is 5.79. The van der Waals surface area contributed by atoms with Gasteiger partial charge in [0.05, 0.1) is 12.5 Å². The van der Waals surface area contributed by atoms with Crippen LogP contribution in [-0.2, 0) is 6.61 Å². The average Bonchev–Trinajstić information content (AvgIpc) is 2.90. The van der Waals surface area contributed by atoms with E-state index in [0.29, 0.717) is 34.8 Å². The Morgan fingerprint density at radius 2 is 1.40 bits per heavy atom. The van der Waals surface area contributed by atoms with Crippen molar-refractivity contribution in [1.82, 2.24) is 0 Å². The van der Waals surface area contributed by atoms with Gasteiger partial charge in [-0.3, -0.25) is 4.79 Å². The SMILES string of the molecule is COc1ccc(Oc2coc3cc(OCc4cccc(Oc5ccccc5)c4)ccc3c2=O)cc1. The summed E-state index contributed by atoms with van der Waals surface area (Å²) < 4.78 is 28.3. The molecule has 0 aliphatic rings. The molecule has 0 aliphatic heterocycles. The number of hydrogen-bond acceptors (Lipinski definition) is 6. The van der Waals surface area contributed by atoms with E-state index in [0.717, 1.165) is 17.1 Å². The smallest absolute Gasteiger partial charge is 0.235 e. The van der Waals surface area contributed by atoms with Crippen LogP contribution >= 0.6 is 0 Å². The van der Waals surface area contributed by atoms with Crippen molar-refractivity contribution in [2.24, 2.45) is 0 Å². The van der Waals surface area contributed by atoms with Crippen LogP contribution in [0.15, 0.2) is 113 Å². The Balaban J connectivity index is 1.28. The van der Waals surface area contributed by atoms with Crippen LogP contribution < -0.4 is 24.4 Å². The summed E-state index contributed by atoms with van der Waals surface area (Å²) >= 11 is 0. The first-order chi connectivity index (χ1) is 17.2. The van der Waals surface area contributed by atoms with Crippen LogP contribution in [0.25, 0.3) is 11.0 Å². The third-order valence-electron chi connectivity index (χ3n) is 5.28. The predicted octanol–water partition coefficient (Wildman–Crippen LogP) is 6.97. The van der Waals surface area contributed by atoms with Crippen LogP contribution in [-0.4, -0.2) is 7.11 Å². The summed E-state index contributed by atoms with van der Waals surface area (Å²) in [6.45, 7) is 0.334. The Hall–Kier alpha value is -4.71. The molecule has 0 bridgehead atoms. The molecule has 0 fully saturated rings. The summed E-state index contributed by atoms with van der Waals surface area (Å²) in [5.74, 6) is 3.39. The Bertz CT molecular complexity index is 1490. The molecule has 0 saturated heterocycles. The standard InChI is InChI=1S/C29H22O6/c1-31-21-10-12-23(13-11-21)35-28-19-33-27-17-24(14-15-26(27)29(28)30)32-18-20-6-5-9-25(16-20)34-22-7-3-2-4-8-22/h2-17,19H,18H2,1H3. The van der Waals surface area contributed by atoms with Crippen molar-refractivity contribution in [1.29, 1.82) is 0 Å². The van der Waals surface area contributed by atoms with Crippen LogP contribution in [0.3, 0.4) is 0 Å². The van der Waals surface area contributed by atoms with Crippen molar-refractivity contribution in [3.8, 4) is 34.5 Å². The zero-order chi connectivity index (χ0) is 24.0. The fourth-order valence-electron chi connectivity index (χ4n) is 3.51. The lowest BCUT2D eigenvalue weighted by Gasteiger charge is -2.10. The van der Waals surface area contributed by atoms with E-state index >= 15 is 0 Å². The third kappa shape index (κ3) is 5.28. The normalized spacial score (nSPS) is 10.7. The van der Waals surface area contributed by atoms with Crippen LogP contribution in [0.1, 0.15) is 5.56 Å². The molecule has 0 saturated carbocycles. The van der Waals surface area contributed by atoms with E-state index in [-0.39, 0.29) is 11.2 Å². The Morgan fingerprint density at radius 3 is 2.20 bits per heavy atom. The Morgan fingerprint density at radius 1 is 0.686 bits per heavy atom. The lowest BCUT2D eigenvalue weighted by Crippen LogP contribution is -2.05. The fraction of sp³-hybridized carbons (Fsp3) is 0.0690. The zero-order valence-corrected chi connectivity index (χ0v) is 19.0. The van der Waals surface area contributed by atoms with Gasteiger partial charge in [-0.05, 0) is 66.2 Å². The molecule has 0 unspecified atom stereocenters. The summed E-state index contributed by atoms with van der Waals surface area (Å²) in [6.07, 6.45) is 1.31. The van der Waals surface area contributed by atoms with Crippen molar-refractivity contribution >= 4 is 11.0 Å². The summed E-state index contributed by atoms with van der Waals surface area (Å²) in [4.78, 5) is 12.9. The van der Waals surface area contributed by atoms with E-state index in [9.17, 15) is 4.79 Å². The summed E-state index contributed by atoms with van der Waals surface area (Å²) in [6, 6.07) is 29.4. The van der Waals surface area contributed by atoms with E-state index in [1.165, 1.54) is 6.26 Å². The molecule has 5 aromatic rings. The lowest BCUT2D eigenvalue weighted by atomic mass is 10.2. The molecule has 6 nitrogen and oxygen atoms in total. The van der Waals surface area contributed by atoms with Crippen molar-refractivity contribution in [3.63, 3.8) is 0 Å². The summed E-state index contributed by atoms with van der Waals surface area (Å²) in [5, 5.41) is 0.404. The summed E-state index contributed by atoms with van der Waals surface area (Å²) in [5.41, 5.74) is 1.10. The minimum absolute atomic E-state index is 0.103. The maximum Gasteiger partial charge on any atom is 0.235 e. The molecule has 0 spiro atoms. The van der Waals surface area contributed by atoms with Gasteiger partial charge in [0.15, 0.2) is 0 Å². The van der Waals surface area contributed by atoms with Crippen molar-refractivity contribution < 1.29 is 23.4 Å². The monoisotopic (exact) mass is 466 g/mol. The van der Waals surface area contributed by atoms with E-state index < -0.39 is 0 Å². The van der Waals surface area contributed by atoms with Gasteiger partial charge in [0.1, 0.15) is 47.2 Å². The molecule has 0 radical (unpaired) electrons. The molecular formula is C29H22O6. The topological polar surface area (TPSA) is 67.1 Å². The fourth-order valence-corrected chi connectivity index (χ4v) is 3.51. The molecule has 0 N–H and O–H groups in total. The average molecular weight is 466 g/mol. The molecule has 5 rings (SSSR count). The van der Waals surface area contributed by atoms with Gasteiger partial charge in [-0.15, -0.1) is 0 Å². The minimum Gasteiger partial charge on any atom is -0.497 e. The first-order valence-electron chi connectivity index (χ1n) is 11.0. The first-order valence-corrected chi connectivity index (χ1v) is 11.0. The molecule has 4 aromatic carbocycles. The second kappa shape index (κ2) is 10.1. The molecule has 6 heteroatoms. The second-order valence-electron chi connectivity index (χ2n) is 7.72. The van der Waals surface area contributed by atoms with Gasteiger partial charge in [0.2, 0.25) is 11.2 Å². The van der Waals surface area contributed by atoms with Gasteiger partial charge >= 0.3 is 0 Å². The molecule has 0 atom stereocenters. The zero-order valence-electron chi connectivity index (χ0n) is 19.0. The van der Waals surface area contributed by atoms with E-state index in [4.69, 9.17) is 23.4 Å². The van der Waals surface area contributed by atoms with E-state index in [1.807, 2.05) is 54.6 Å². The maximum absolute atomic E-state index is 12.9. The molecule has 174 valence electrons. The predicted molar refractivity (Wildman–Crippen MR) is 133 cm³/mol. The second-order valence-corrected chi connectivity index (χ2v) is 7.72. The van der Waals surface area contributed by atoms with Crippen LogP contribution in [0.4, 0.5) is 0 Å². The highest BCUT2D eigenvalue weighted by Crippen LogP contribution is 2.26. The maximum atomic E-state index is 12.9. The number of benzene rings is 4. The molecule has 1 aromatic heterocycles. The molecule has 0 amide bonds. The van der Waals surface area contributed by atoms with Gasteiger partial charge < -0.3 is 23.4 Å². The molecule has 0 aliphatic carbocycles. The molecule has 35 heavy (non-hydrogen) atoms. The van der Waals surface area contributed by atoms with Gasteiger partial charge in [0, 0.05) is 6.07 Å². The van der Waals surface area contributed by atoms with Crippen LogP contribution in [0.2, 0.25) is 0 Å². The van der Waals surface area contributed by atoms with Gasteiger partial charge in [0.25, 0.3) is 0 Å².